The van der Waals surface area contributed by atoms with Crippen LogP contribution in [0.1, 0.15) is 32.1 Å². The number of esters is 1. The topological polar surface area (TPSA) is 38.8 Å². The highest BCUT2D eigenvalue weighted by Crippen LogP contribution is 2.39. The average Bonchev–Trinajstić information content (AvgIpc) is 3.01. The molecule has 4 heteroatoms. The van der Waals surface area contributed by atoms with Crippen molar-refractivity contribution in [3.63, 3.8) is 0 Å². The number of epoxide rings is 1. The zero-order chi connectivity index (χ0) is 10.7. The number of ether oxygens (including phenoxy) is 2. The Morgan fingerprint density at radius 2 is 2.20 bits per heavy atom. The van der Waals surface area contributed by atoms with Crippen molar-refractivity contribution < 1.29 is 14.3 Å². The second-order valence-corrected chi connectivity index (χ2v) is 4.66. The van der Waals surface area contributed by atoms with Gasteiger partial charge in [-0.15, -0.1) is 11.6 Å². The Morgan fingerprint density at radius 1 is 1.33 bits per heavy atom. The molecule has 1 heterocycles. The van der Waals surface area contributed by atoms with Gasteiger partial charge in [0.1, 0.15) is 0 Å². The van der Waals surface area contributed by atoms with Crippen molar-refractivity contribution in [1.82, 2.24) is 0 Å². The first-order valence-corrected chi connectivity index (χ1v) is 6.23. The largest absolute Gasteiger partial charge is 0.465 e. The number of unbranched alkanes of at least 4 members (excludes halogenated alkanes) is 1. The molecule has 0 amide bonds. The third-order valence-corrected chi connectivity index (χ3v) is 3.38. The van der Waals surface area contributed by atoms with Crippen LogP contribution in [0.4, 0.5) is 0 Å². The van der Waals surface area contributed by atoms with Gasteiger partial charge >= 0.3 is 5.97 Å². The van der Waals surface area contributed by atoms with Gasteiger partial charge in [0.2, 0.25) is 0 Å². The van der Waals surface area contributed by atoms with Crippen LogP contribution in [0.15, 0.2) is 0 Å². The number of hydrogen-bond donors (Lipinski definition) is 0. The minimum atomic E-state index is -0.0430. The zero-order valence-corrected chi connectivity index (χ0v) is 9.54. The molecule has 0 radical (unpaired) electrons. The summed E-state index contributed by atoms with van der Waals surface area (Å²) in [6.07, 6.45) is 5.38. The first-order valence-electron chi connectivity index (χ1n) is 5.69. The predicted octanol–water partition coefficient (Wildman–Crippen LogP) is 2.12. The van der Waals surface area contributed by atoms with Crippen molar-refractivity contribution in [2.24, 2.45) is 5.92 Å². The molecular weight excluding hydrogens is 216 g/mol. The molecule has 3 atom stereocenters. The van der Waals surface area contributed by atoms with Gasteiger partial charge in [-0.3, -0.25) is 4.79 Å². The van der Waals surface area contributed by atoms with Gasteiger partial charge in [-0.1, -0.05) is 0 Å². The molecule has 0 unspecified atom stereocenters. The summed E-state index contributed by atoms with van der Waals surface area (Å²) in [5.74, 6) is 0.668. The van der Waals surface area contributed by atoms with E-state index >= 15 is 0 Å². The lowest BCUT2D eigenvalue weighted by atomic mass is 9.89. The average molecular weight is 233 g/mol. The first-order chi connectivity index (χ1) is 7.31. The summed E-state index contributed by atoms with van der Waals surface area (Å²) >= 11 is 5.53. The fraction of sp³-hybridized carbons (Fsp3) is 0.909. The molecule has 2 aliphatic rings. The molecule has 3 nitrogen and oxygen atoms in total. The Kier molecular flexibility index (Phi) is 3.87. The van der Waals surface area contributed by atoms with Crippen molar-refractivity contribution in [3.8, 4) is 0 Å². The number of carbonyl (C=O) groups excluding carboxylic acids is 1. The lowest BCUT2D eigenvalue weighted by Crippen LogP contribution is -2.24. The highest BCUT2D eigenvalue weighted by Gasteiger charge is 2.46. The molecule has 2 rings (SSSR count). The van der Waals surface area contributed by atoms with Crippen LogP contribution in [-0.2, 0) is 14.3 Å². The van der Waals surface area contributed by atoms with E-state index in [4.69, 9.17) is 21.1 Å². The van der Waals surface area contributed by atoms with E-state index in [1.54, 1.807) is 0 Å². The predicted molar refractivity (Wildman–Crippen MR) is 56.9 cm³/mol. The lowest BCUT2D eigenvalue weighted by molar-refractivity contribution is -0.149. The van der Waals surface area contributed by atoms with E-state index in [0.717, 1.165) is 32.1 Å². The molecule has 2 fully saturated rings. The SMILES string of the molecule is O=C(OCCCCCl)[C@@H]1CC[C@@H]2O[C@@H]2C1. The zero-order valence-electron chi connectivity index (χ0n) is 8.78. The molecule has 0 aromatic heterocycles. The summed E-state index contributed by atoms with van der Waals surface area (Å²) in [5.41, 5.74) is 0. The number of carbonyl (C=O) groups is 1. The van der Waals surface area contributed by atoms with E-state index in [0.29, 0.717) is 24.7 Å². The minimum absolute atomic E-state index is 0.0430. The molecule has 0 bridgehead atoms. The second kappa shape index (κ2) is 5.17. The van der Waals surface area contributed by atoms with E-state index < -0.39 is 0 Å². The van der Waals surface area contributed by atoms with Gasteiger partial charge < -0.3 is 9.47 Å². The maximum Gasteiger partial charge on any atom is 0.309 e. The molecular formula is C11H17ClO3. The monoisotopic (exact) mass is 232 g/mol. The Hall–Kier alpha value is -0.280. The molecule has 0 aromatic rings. The van der Waals surface area contributed by atoms with E-state index in [9.17, 15) is 4.79 Å². The van der Waals surface area contributed by atoms with Gasteiger partial charge in [-0.25, -0.2) is 0 Å². The Morgan fingerprint density at radius 3 is 2.93 bits per heavy atom. The summed E-state index contributed by atoms with van der Waals surface area (Å²) in [7, 11) is 0. The summed E-state index contributed by atoms with van der Waals surface area (Å²) < 4.78 is 10.6. The fourth-order valence-corrected chi connectivity index (χ4v) is 2.29. The normalized spacial score (nSPS) is 33.3. The second-order valence-electron chi connectivity index (χ2n) is 4.29. The van der Waals surface area contributed by atoms with Crippen molar-refractivity contribution in [2.45, 2.75) is 44.3 Å². The quantitative estimate of drug-likeness (QED) is 0.315. The van der Waals surface area contributed by atoms with Crippen LogP contribution in [0, 0.1) is 5.92 Å². The summed E-state index contributed by atoms with van der Waals surface area (Å²) in [4.78, 5) is 11.6. The van der Waals surface area contributed by atoms with Crippen LogP contribution >= 0.6 is 11.6 Å². The van der Waals surface area contributed by atoms with Crippen LogP contribution in [0.25, 0.3) is 0 Å². The van der Waals surface area contributed by atoms with Crippen LogP contribution in [0.3, 0.4) is 0 Å². The molecule has 1 aliphatic carbocycles. The van der Waals surface area contributed by atoms with Crippen molar-refractivity contribution in [2.75, 3.05) is 12.5 Å². The lowest BCUT2D eigenvalue weighted by Gasteiger charge is -2.17. The smallest absolute Gasteiger partial charge is 0.309 e. The maximum atomic E-state index is 11.6. The Labute approximate surface area is 95.1 Å². The summed E-state index contributed by atoms with van der Waals surface area (Å²) in [6.45, 7) is 0.511. The van der Waals surface area contributed by atoms with E-state index in [-0.39, 0.29) is 11.9 Å². The number of halogens is 1. The van der Waals surface area contributed by atoms with Crippen LogP contribution < -0.4 is 0 Å². The third-order valence-electron chi connectivity index (χ3n) is 3.11. The van der Waals surface area contributed by atoms with Crippen LogP contribution in [0.5, 0.6) is 0 Å². The minimum Gasteiger partial charge on any atom is -0.465 e. The van der Waals surface area contributed by atoms with Gasteiger partial charge in [-0.2, -0.15) is 0 Å². The Balaban J connectivity index is 1.62. The molecule has 86 valence electrons. The molecule has 1 aliphatic heterocycles. The summed E-state index contributed by atoms with van der Waals surface area (Å²) in [5, 5.41) is 0. The van der Waals surface area contributed by atoms with Crippen LogP contribution in [0.2, 0.25) is 0 Å². The highest BCUT2D eigenvalue weighted by atomic mass is 35.5. The molecule has 15 heavy (non-hydrogen) atoms. The van der Waals surface area contributed by atoms with Crippen molar-refractivity contribution >= 4 is 17.6 Å². The molecule has 0 aromatic carbocycles. The number of fused-ring (bicyclic) bond motifs is 1. The van der Waals surface area contributed by atoms with E-state index in [1.165, 1.54) is 0 Å². The fourth-order valence-electron chi connectivity index (χ4n) is 2.11. The summed E-state index contributed by atoms with van der Waals surface area (Å²) in [6, 6.07) is 0. The van der Waals surface area contributed by atoms with Crippen molar-refractivity contribution in [3.05, 3.63) is 0 Å². The van der Waals surface area contributed by atoms with Gasteiger partial charge in [0, 0.05) is 5.88 Å². The molecule has 1 saturated heterocycles. The molecule has 1 saturated carbocycles. The van der Waals surface area contributed by atoms with Crippen molar-refractivity contribution in [1.29, 1.82) is 0 Å². The molecule has 0 N–H and O–H groups in total. The van der Waals surface area contributed by atoms with Gasteiger partial charge in [-0.05, 0) is 32.1 Å². The number of rotatable bonds is 5. The van der Waals surface area contributed by atoms with Gasteiger partial charge in [0.25, 0.3) is 0 Å². The highest BCUT2D eigenvalue weighted by molar-refractivity contribution is 6.17. The third kappa shape index (κ3) is 3.08. The standard InChI is InChI=1S/C11H17ClO3/c12-5-1-2-6-14-11(13)8-3-4-9-10(7-8)15-9/h8-10H,1-7H2/t8-,9+,10-/m1/s1. The number of hydrogen-bond acceptors (Lipinski definition) is 3. The molecule has 0 spiro atoms. The number of alkyl halides is 1. The van der Waals surface area contributed by atoms with Gasteiger partial charge in [0.15, 0.2) is 0 Å². The maximum absolute atomic E-state index is 11.6. The van der Waals surface area contributed by atoms with E-state index in [2.05, 4.69) is 0 Å². The first kappa shape index (κ1) is 11.2. The van der Waals surface area contributed by atoms with Gasteiger partial charge in [0.05, 0.1) is 24.7 Å². The Bertz CT molecular complexity index is 232. The van der Waals surface area contributed by atoms with Crippen LogP contribution in [-0.4, -0.2) is 30.7 Å². The van der Waals surface area contributed by atoms with E-state index in [1.807, 2.05) is 0 Å².